The predicted molar refractivity (Wildman–Crippen MR) is 91.9 cm³/mol. The normalized spacial score (nSPS) is 18.6. The van der Waals surface area contributed by atoms with Gasteiger partial charge in [0.25, 0.3) is 0 Å². The topological polar surface area (TPSA) is 48.9 Å². The molecule has 0 aromatic heterocycles. The fourth-order valence-corrected chi connectivity index (χ4v) is 2.92. The minimum Gasteiger partial charge on any atom is -0.434 e. The Balaban J connectivity index is 2.04. The molecule has 158 valence electrons. The highest BCUT2D eigenvalue weighted by Crippen LogP contribution is 2.24. The average molecular weight is 412 g/mol. The number of rotatable bonds is 7. The van der Waals surface area contributed by atoms with Crippen LogP contribution in [0.4, 0.5) is 26.3 Å². The third-order valence-corrected chi connectivity index (χ3v) is 4.05. The Labute approximate surface area is 158 Å². The first-order valence-electron chi connectivity index (χ1n) is 8.74. The highest BCUT2D eigenvalue weighted by Gasteiger charge is 2.34. The molecule has 1 aliphatic heterocycles. The molecule has 0 saturated carbocycles. The summed E-state index contributed by atoms with van der Waals surface area (Å²) in [6.45, 7) is -1.64. The Morgan fingerprint density at radius 3 is 2.75 bits per heavy atom. The number of nitrogens with zero attached hydrogens (tertiary/aromatic N) is 2. The maximum Gasteiger partial charge on any atom is 0.401 e. The van der Waals surface area contributed by atoms with Crippen LogP contribution in [0.15, 0.2) is 23.2 Å². The molecule has 1 fully saturated rings. The Morgan fingerprint density at radius 2 is 2.11 bits per heavy atom. The largest absolute Gasteiger partial charge is 0.434 e. The van der Waals surface area contributed by atoms with Crippen molar-refractivity contribution in [1.29, 1.82) is 0 Å². The summed E-state index contributed by atoms with van der Waals surface area (Å²) in [7, 11) is 0. The van der Waals surface area contributed by atoms with Gasteiger partial charge in [0.15, 0.2) is 5.96 Å². The molecule has 2 rings (SSSR count). The number of alkyl halides is 5. The van der Waals surface area contributed by atoms with E-state index in [2.05, 4.69) is 20.4 Å². The van der Waals surface area contributed by atoms with Crippen molar-refractivity contribution < 1.29 is 31.1 Å². The van der Waals surface area contributed by atoms with Gasteiger partial charge >= 0.3 is 12.8 Å². The number of ether oxygens (including phenoxy) is 1. The van der Waals surface area contributed by atoms with Crippen LogP contribution in [-0.4, -0.2) is 55.9 Å². The molecular formula is C17H22F6N4O. The van der Waals surface area contributed by atoms with Crippen molar-refractivity contribution in [1.82, 2.24) is 15.5 Å². The van der Waals surface area contributed by atoms with Crippen LogP contribution in [0.25, 0.3) is 0 Å². The van der Waals surface area contributed by atoms with E-state index in [0.29, 0.717) is 13.0 Å². The molecular weight excluding hydrogens is 390 g/mol. The smallest absolute Gasteiger partial charge is 0.401 e. The van der Waals surface area contributed by atoms with E-state index in [1.54, 1.807) is 6.92 Å². The van der Waals surface area contributed by atoms with Crippen LogP contribution >= 0.6 is 0 Å². The van der Waals surface area contributed by atoms with Gasteiger partial charge in [-0.25, -0.2) is 9.38 Å². The molecule has 0 spiro atoms. The number of halogens is 6. The zero-order valence-electron chi connectivity index (χ0n) is 15.2. The van der Waals surface area contributed by atoms with E-state index in [4.69, 9.17) is 0 Å². The van der Waals surface area contributed by atoms with Crippen LogP contribution in [0.5, 0.6) is 5.75 Å². The van der Waals surface area contributed by atoms with Crippen molar-refractivity contribution >= 4 is 5.96 Å². The van der Waals surface area contributed by atoms with E-state index in [-0.39, 0.29) is 42.9 Å². The molecule has 0 bridgehead atoms. The highest BCUT2D eigenvalue weighted by molar-refractivity contribution is 5.80. The van der Waals surface area contributed by atoms with Crippen LogP contribution in [0.2, 0.25) is 0 Å². The van der Waals surface area contributed by atoms with E-state index >= 15 is 0 Å². The summed E-state index contributed by atoms with van der Waals surface area (Å²) in [5.41, 5.74) is -0.134. The van der Waals surface area contributed by atoms with Crippen molar-refractivity contribution in [3.63, 3.8) is 0 Å². The summed E-state index contributed by atoms with van der Waals surface area (Å²) in [6, 6.07) is 3.30. The van der Waals surface area contributed by atoms with E-state index in [1.165, 1.54) is 17.0 Å². The van der Waals surface area contributed by atoms with Crippen LogP contribution < -0.4 is 15.4 Å². The van der Waals surface area contributed by atoms with Crippen molar-refractivity contribution in [2.75, 3.05) is 26.2 Å². The first kappa shape index (κ1) is 22.1. The number of benzene rings is 1. The SMILES string of the molecule is CCNC(=NCc1c(F)cccc1OC(F)F)NC1CCN(CC(F)(F)F)C1. The molecule has 0 amide bonds. The Morgan fingerprint density at radius 1 is 1.36 bits per heavy atom. The molecule has 1 heterocycles. The lowest BCUT2D eigenvalue weighted by Crippen LogP contribution is -2.45. The van der Waals surface area contributed by atoms with E-state index in [1.807, 2.05) is 0 Å². The van der Waals surface area contributed by atoms with Gasteiger partial charge in [-0.3, -0.25) is 4.90 Å². The van der Waals surface area contributed by atoms with E-state index < -0.39 is 25.1 Å². The molecule has 1 aromatic carbocycles. The van der Waals surface area contributed by atoms with Crippen molar-refractivity contribution in [2.24, 2.45) is 4.99 Å². The van der Waals surface area contributed by atoms with Gasteiger partial charge in [0.1, 0.15) is 11.6 Å². The second-order valence-corrected chi connectivity index (χ2v) is 6.27. The van der Waals surface area contributed by atoms with Gasteiger partial charge in [0.05, 0.1) is 18.7 Å². The zero-order chi connectivity index (χ0) is 20.7. The minimum absolute atomic E-state index is 0.134. The van der Waals surface area contributed by atoms with Crippen LogP contribution in [-0.2, 0) is 6.54 Å². The summed E-state index contributed by atoms with van der Waals surface area (Å²) >= 11 is 0. The van der Waals surface area contributed by atoms with Gasteiger partial charge in [-0.1, -0.05) is 6.07 Å². The summed E-state index contributed by atoms with van der Waals surface area (Å²) in [6.07, 6.45) is -3.78. The predicted octanol–water partition coefficient (Wildman–Crippen LogP) is 3.12. The monoisotopic (exact) mass is 412 g/mol. The second-order valence-electron chi connectivity index (χ2n) is 6.27. The van der Waals surface area contributed by atoms with Crippen LogP contribution in [0.1, 0.15) is 18.9 Å². The number of aliphatic imine (C=N–C) groups is 1. The quantitative estimate of drug-likeness (QED) is 0.411. The van der Waals surface area contributed by atoms with Gasteiger partial charge in [-0.05, 0) is 25.5 Å². The van der Waals surface area contributed by atoms with Crippen LogP contribution in [0, 0.1) is 5.82 Å². The van der Waals surface area contributed by atoms with Gasteiger partial charge in [0, 0.05) is 25.7 Å². The molecule has 1 atom stereocenters. The van der Waals surface area contributed by atoms with Gasteiger partial charge in [-0.15, -0.1) is 0 Å². The molecule has 11 heteroatoms. The lowest BCUT2D eigenvalue weighted by Gasteiger charge is -2.20. The summed E-state index contributed by atoms with van der Waals surface area (Å²) < 4.78 is 80.8. The molecule has 1 aromatic rings. The maximum absolute atomic E-state index is 14.0. The standard InChI is InChI=1S/C17H22F6N4O/c1-2-24-16(26-11-6-7-27(9-11)10-17(21,22)23)25-8-12-13(18)4-3-5-14(12)28-15(19)20/h3-5,11,15H,2,6-10H2,1H3,(H2,24,25,26). The number of nitrogens with one attached hydrogen (secondary N) is 2. The van der Waals surface area contributed by atoms with Crippen LogP contribution in [0.3, 0.4) is 0 Å². The first-order chi connectivity index (χ1) is 13.2. The summed E-state index contributed by atoms with van der Waals surface area (Å²) in [4.78, 5) is 5.45. The van der Waals surface area contributed by atoms with Crippen molar-refractivity contribution in [3.8, 4) is 5.75 Å². The van der Waals surface area contributed by atoms with Crippen molar-refractivity contribution in [3.05, 3.63) is 29.6 Å². The highest BCUT2D eigenvalue weighted by atomic mass is 19.4. The first-order valence-corrected chi connectivity index (χ1v) is 8.74. The van der Waals surface area contributed by atoms with Gasteiger partial charge < -0.3 is 15.4 Å². The molecule has 1 aliphatic rings. The molecule has 1 unspecified atom stereocenters. The summed E-state index contributed by atoms with van der Waals surface area (Å²) in [5, 5.41) is 5.91. The van der Waals surface area contributed by atoms with E-state index in [0.717, 1.165) is 6.07 Å². The molecule has 0 aliphatic carbocycles. The average Bonchev–Trinajstić information content (AvgIpc) is 2.98. The summed E-state index contributed by atoms with van der Waals surface area (Å²) in [5.74, 6) is -0.797. The second kappa shape index (κ2) is 9.85. The molecule has 28 heavy (non-hydrogen) atoms. The van der Waals surface area contributed by atoms with Gasteiger partial charge in [-0.2, -0.15) is 22.0 Å². The lowest BCUT2D eigenvalue weighted by molar-refractivity contribution is -0.143. The Bertz CT molecular complexity index is 668. The molecule has 2 N–H and O–H groups in total. The Kier molecular flexibility index (Phi) is 7.78. The third kappa shape index (κ3) is 7.10. The fourth-order valence-electron chi connectivity index (χ4n) is 2.92. The minimum atomic E-state index is -4.26. The number of hydrogen-bond acceptors (Lipinski definition) is 3. The maximum atomic E-state index is 14.0. The fraction of sp³-hybridized carbons (Fsp3) is 0.588. The number of likely N-dealkylation sites (tertiary alicyclic amines) is 1. The lowest BCUT2D eigenvalue weighted by atomic mass is 10.2. The number of hydrogen-bond donors (Lipinski definition) is 2. The van der Waals surface area contributed by atoms with Gasteiger partial charge in [0.2, 0.25) is 0 Å². The molecule has 5 nitrogen and oxygen atoms in total. The third-order valence-electron chi connectivity index (χ3n) is 4.05. The van der Waals surface area contributed by atoms with E-state index in [9.17, 15) is 26.3 Å². The zero-order valence-corrected chi connectivity index (χ0v) is 15.2. The van der Waals surface area contributed by atoms with Crippen molar-refractivity contribution in [2.45, 2.75) is 38.7 Å². The Hall–Kier alpha value is -2.17. The number of guanidine groups is 1. The molecule has 0 radical (unpaired) electrons. The molecule has 1 saturated heterocycles.